The molecule has 0 spiro atoms. The molecule has 4 aliphatic carbocycles. The van der Waals surface area contributed by atoms with Gasteiger partial charge in [-0.3, -0.25) is 14.9 Å². The average molecular weight is 620 g/mol. The average Bonchev–Trinajstić information content (AvgIpc) is 2.90. The number of hydrogen-bond donors (Lipinski definition) is 2. The van der Waals surface area contributed by atoms with Crippen LogP contribution in [-0.4, -0.2) is 35.5 Å². The Morgan fingerprint density at radius 3 is 2.29 bits per heavy atom. The number of urea groups is 1. The molecule has 0 unspecified atom stereocenters. The SMILES string of the molecule is C=CCc1cc(/C=C2\C(=O)NC(=O)N(c3ccc(C45CC6CC(CC(C6)C4)C5)cc3)C2=O)cc(Br)c1OCC(=O)O. The van der Waals surface area contributed by atoms with E-state index in [0.717, 1.165) is 22.7 Å². The summed E-state index contributed by atoms with van der Waals surface area (Å²) in [5, 5.41) is 11.3. The zero-order valence-electron chi connectivity index (χ0n) is 22.5. The van der Waals surface area contributed by atoms with Gasteiger partial charge in [0.15, 0.2) is 6.61 Å². The summed E-state index contributed by atoms with van der Waals surface area (Å²) in [6, 6.07) is 10.3. The van der Waals surface area contributed by atoms with Crippen molar-refractivity contribution in [2.75, 3.05) is 11.5 Å². The predicted octanol–water partition coefficient (Wildman–Crippen LogP) is 5.78. The number of aliphatic carboxylic acids is 1. The second kappa shape index (κ2) is 10.6. The summed E-state index contributed by atoms with van der Waals surface area (Å²) in [6.45, 7) is 3.21. The zero-order valence-corrected chi connectivity index (χ0v) is 24.1. The van der Waals surface area contributed by atoms with Gasteiger partial charge in [-0.2, -0.15) is 0 Å². The van der Waals surface area contributed by atoms with Crippen LogP contribution in [0, 0.1) is 17.8 Å². The van der Waals surface area contributed by atoms with Crippen LogP contribution >= 0.6 is 15.9 Å². The Balaban J connectivity index is 1.28. The second-order valence-corrected chi connectivity index (χ2v) is 12.7. The molecule has 1 aliphatic heterocycles. The summed E-state index contributed by atoms with van der Waals surface area (Å²) < 4.78 is 5.89. The summed E-state index contributed by atoms with van der Waals surface area (Å²) in [5.41, 5.74) is 2.82. The maximum absolute atomic E-state index is 13.6. The standard InChI is InChI=1S/C32H31BrN2O6/c1-2-3-22-11-18(13-26(33)28(22)41-17-27(36)37)12-25-29(38)34-31(40)35(30(25)39)24-6-4-23(5-7-24)32-14-19-8-20(15-32)10-21(9-19)16-32/h2,4-7,11-13,19-21H,1,3,8-10,14-17H2,(H,36,37)(H,34,38,40)/b25-12+. The number of anilines is 1. The molecule has 1 heterocycles. The summed E-state index contributed by atoms with van der Waals surface area (Å²) >= 11 is 3.40. The number of carboxylic acid groups (broad SMARTS) is 1. The summed E-state index contributed by atoms with van der Waals surface area (Å²) in [6.07, 6.45) is 11.1. The molecule has 2 aromatic rings. The Labute approximate surface area is 246 Å². The highest BCUT2D eigenvalue weighted by molar-refractivity contribution is 9.10. The van der Waals surface area contributed by atoms with Crippen molar-refractivity contribution in [2.45, 2.75) is 50.4 Å². The molecule has 0 radical (unpaired) electrons. The zero-order chi connectivity index (χ0) is 28.9. The van der Waals surface area contributed by atoms with Crippen LogP contribution in [0.15, 0.2) is 59.1 Å². The number of allylic oxidation sites excluding steroid dienone is 1. The Morgan fingerprint density at radius 2 is 1.71 bits per heavy atom. The van der Waals surface area contributed by atoms with E-state index in [1.54, 1.807) is 18.2 Å². The number of ether oxygens (including phenoxy) is 1. The number of rotatable bonds is 8. The van der Waals surface area contributed by atoms with Crippen LogP contribution in [0.5, 0.6) is 5.75 Å². The van der Waals surface area contributed by atoms with Gasteiger partial charge >= 0.3 is 12.0 Å². The molecule has 4 saturated carbocycles. The molecule has 212 valence electrons. The second-order valence-electron chi connectivity index (χ2n) is 11.9. The van der Waals surface area contributed by atoms with Gasteiger partial charge in [0.25, 0.3) is 11.8 Å². The van der Waals surface area contributed by atoms with Crippen LogP contribution in [0.25, 0.3) is 6.08 Å². The van der Waals surface area contributed by atoms with Gasteiger partial charge in [0.2, 0.25) is 0 Å². The topological polar surface area (TPSA) is 113 Å². The Morgan fingerprint density at radius 1 is 1.07 bits per heavy atom. The van der Waals surface area contributed by atoms with Crippen molar-refractivity contribution in [1.29, 1.82) is 0 Å². The first-order valence-corrected chi connectivity index (χ1v) is 14.7. The van der Waals surface area contributed by atoms with Crippen LogP contribution in [0.4, 0.5) is 10.5 Å². The van der Waals surface area contributed by atoms with E-state index in [4.69, 9.17) is 9.84 Å². The molecule has 5 fully saturated rings. The third-order valence-corrected chi connectivity index (χ3v) is 9.62. The van der Waals surface area contributed by atoms with Crippen molar-refractivity contribution in [3.05, 3.63) is 75.8 Å². The first-order chi connectivity index (χ1) is 19.7. The number of amides is 4. The fourth-order valence-electron chi connectivity index (χ4n) is 7.85. The molecule has 2 N–H and O–H groups in total. The molecule has 4 amide bonds. The number of barbiturate groups is 1. The number of carbonyl (C=O) groups is 4. The number of nitrogens with zero attached hydrogens (tertiary/aromatic N) is 1. The largest absolute Gasteiger partial charge is 0.480 e. The van der Waals surface area contributed by atoms with Crippen molar-refractivity contribution in [3.63, 3.8) is 0 Å². The first kappa shape index (κ1) is 27.4. The number of benzene rings is 2. The van der Waals surface area contributed by atoms with Gasteiger partial charge in [0.1, 0.15) is 11.3 Å². The molecule has 2 aromatic carbocycles. The number of hydrogen-bond acceptors (Lipinski definition) is 5. The van der Waals surface area contributed by atoms with E-state index in [1.807, 2.05) is 12.1 Å². The lowest BCUT2D eigenvalue weighted by atomic mass is 9.48. The normalized spacial score (nSPS) is 27.7. The minimum atomic E-state index is -1.12. The van der Waals surface area contributed by atoms with Crippen LogP contribution in [-0.2, 0) is 26.2 Å². The number of halogens is 1. The minimum absolute atomic E-state index is 0.189. The van der Waals surface area contributed by atoms with Gasteiger partial charge in [-0.05, 0) is 131 Å². The van der Waals surface area contributed by atoms with E-state index in [2.05, 4.69) is 40.0 Å². The van der Waals surface area contributed by atoms with Gasteiger partial charge in [-0.25, -0.2) is 14.5 Å². The number of carboxylic acids is 1. The van der Waals surface area contributed by atoms with Crippen LogP contribution in [0.1, 0.15) is 55.2 Å². The Bertz CT molecular complexity index is 1460. The number of carbonyl (C=O) groups excluding carboxylic acids is 3. The van der Waals surface area contributed by atoms with Crippen molar-refractivity contribution in [2.24, 2.45) is 17.8 Å². The molecule has 1 saturated heterocycles. The number of nitrogens with one attached hydrogen (secondary N) is 1. The fourth-order valence-corrected chi connectivity index (χ4v) is 8.48. The maximum Gasteiger partial charge on any atom is 0.341 e. The van der Waals surface area contributed by atoms with E-state index in [0.29, 0.717) is 33.5 Å². The van der Waals surface area contributed by atoms with Crippen molar-refractivity contribution >= 4 is 51.5 Å². The van der Waals surface area contributed by atoms with Crippen molar-refractivity contribution in [3.8, 4) is 5.75 Å². The van der Waals surface area contributed by atoms with Gasteiger partial charge in [-0.15, -0.1) is 6.58 Å². The molecule has 0 atom stereocenters. The summed E-state index contributed by atoms with van der Waals surface area (Å²) in [5.74, 6) is 0.136. The maximum atomic E-state index is 13.6. The van der Waals surface area contributed by atoms with Crippen molar-refractivity contribution in [1.82, 2.24) is 5.32 Å². The highest BCUT2D eigenvalue weighted by Gasteiger charge is 2.51. The molecule has 0 aromatic heterocycles. The molecular formula is C32H31BrN2O6. The molecular weight excluding hydrogens is 588 g/mol. The molecule has 7 rings (SSSR count). The lowest BCUT2D eigenvalue weighted by Gasteiger charge is -2.57. The summed E-state index contributed by atoms with van der Waals surface area (Å²) in [4.78, 5) is 51.2. The van der Waals surface area contributed by atoms with Gasteiger partial charge in [0, 0.05) is 0 Å². The third kappa shape index (κ3) is 5.12. The van der Waals surface area contributed by atoms with Crippen LogP contribution in [0.2, 0.25) is 0 Å². The lowest BCUT2D eigenvalue weighted by Crippen LogP contribution is -2.54. The molecule has 9 heteroatoms. The van der Waals surface area contributed by atoms with Crippen LogP contribution in [0.3, 0.4) is 0 Å². The Kier molecular flexibility index (Phi) is 7.09. The van der Waals surface area contributed by atoms with E-state index in [-0.39, 0.29) is 11.0 Å². The summed E-state index contributed by atoms with van der Waals surface area (Å²) in [7, 11) is 0. The van der Waals surface area contributed by atoms with E-state index in [1.165, 1.54) is 50.2 Å². The molecule has 8 nitrogen and oxygen atoms in total. The molecule has 4 bridgehead atoms. The smallest absolute Gasteiger partial charge is 0.341 e. The lowest BCUT2D eigenvalue weighted by molar-refractivity contribution is -0.139. The van der Waals surface area contributed by atoms with Gasteiger partial charge in [0.05, 0.1) is 10.2 Å². The van der Waals surface area contributed by atoms with E-state index in [9.17, 15) is 19.2 Å². The third-order valence-electron chi connectivity index (χ3n) is 9.04. The minimum Gasteiger partial charge on any atom is -0.480 e. The molecule has 5 aliphatic rings. The van der Waals surface area contributed by atoms with E-state index < -0.39 is 30.4 Å². The molecule has 41 heavy (non-hydrogen) atoms. The predicted molar refractivity (Wildman–Crippen MR) is 156 cm³/mol. The first-order valence-electron chi connectivity index (χ1n) is 14.0. The van der Waals surface area contributed by atoms with E-state index >= 15 is 0 Å². The fraction of sp³-hybridized carbons (Fsp3) is 0.375. The number of imide groups is 2. The van der Waals surface area contributed by atoms with Crippen molar-refractivity contribution < 1.29 is 29.0 Å². The quantitative estimate of drug-likeness (QED) is 0.220. The van der Waals surface area contributed by atoms with Gasteiger partial charge in [-0.1, -0.05) is 18.2 Å². The van der Waals surface area contributed by atoms with Gasteiger partial charge < -0.3 is 9.84 Å². The monoisotopic (exact) mass is 618 g/mol. The van der Waals surface area contributed by atoms with Crippen LogP contribution < -0.4 is 15.0 Å². The highest BCUT2D eigenvalue weighted by atomic mass is 79.9. The Hall–Kier alpha value is -3.72. The highest BCUT2D eigenvalue weighted by Crippen LogP contribution is 2.60.